The van der Waals surface area contributed by atoms with Crippen molar-refractivity contribution < 1.29 is 9.59 Å². The summed E-state index contributed by atoms with van der Waals surface area (Å²) in [4.78, 5) is 33.4. The van der Waals surface area contributed by atoms with Crippen LogP contribution < -0.4 is 10.2 Å². The third kappa shape index (κ3) is 6.81. The van der Waals surface area contributed by atoms with Crippen LogP contribution in [-0.2, 0) is 11.2 Å². The zero-order valence-electron chi connectivity index (χ0n) is 18.8. The van der Waals surface area contributed by atoms with Gasteiger partial charge in [0, 0.05) is 38.9 Å². The molecule has 2 heterocycles. The maximum atomic E-state index is 12.6. The van der Waals surface area contributed by atoms with Crippen molar-refractivity contribution in [3.63, 3.8) is 0 Å². The minimum atomic E-state index is -0.0675. The first-order chi connectivity index (χ1) is 15.1. The van der Waals surface area contributed by atoms with Crippen LogP contribution in [0.4, 0.5) is 5.82 Å². The lowest BCUT2D eigenvalue weighted by Crippen LogP contribution is -2.49. The lowest BCUT2D eigenvalue weighted by atomic mass is 10.1. The lowest BCUT2D eigenvalue weighted by Gasteiger charge is -2.35. The Hall–Kier alpha value is -2.89. The summed E-state index contributed by atoms with van der Waals surface area (Å²) in [5.74, 6) is 0.953. The van der Waals surface area contributed by atoms with Gasteiger partial charge >= 0.3 is 0 Å². The van der Waals surface area contributed by atoms with Gasteiger partial charge in [0.15, 0.2) is 0 Å². The molecule has 1 aromatic heterocycles. The van der Waals surface area contributed by atoms with Crippen LogP contribution in [0.3, 0.4) is 0 Å². The Morgan fingerprint density at radius 2 is 1.71 bits per heavy atom. The fourth-order valence-electron chi connectivity index (χ4n) is 3.74. The molecule has 1 aromatic carbocycles. The maximum Gasteiger partial charge on any atom is 0.252 e. The minimum Gasteiger partial charge on any atom is -0.353 e. The second kappa shape index (κ2) is 11.5. The zero-order chi connectivity index (χ0) is 22.1. The zero-order valence-corrected chi connectivity index (χ0v) is 18.8. The number of rotatable bonds is 9. The summed E-state index contributed by atoms with van der Waals surface area (Å²) in [7, 11) is 0. The Morgan fingerprint density at radius 1 is 0.968 bits per heavy atom. The molecule has 0 radical (unpaired) electrons. The van der Waals surface area contributed by atoms with Gasteiger partial charge in [0.25, 0.3) is 5.91 Å². The van der Waals surface area contributed by atoms with E-state index < -0.39 is 0 Å². The largest absolute Gasteiger partial charge is 0.353 e. The Kier molecular flexibility index (Phi) is 8.44. The Morgan fingerprint density at radius 3 is 2.35 bits per heavy atom. The van der Waals surface area contributed by atoms with E-state index in [4.69, 9.17) is 0 Å². The van der Waals surface area contributed by atoms with Gasteiger partial charge in [0.1, 0.15) is 5.82 Å². The van der Waals surface area contributed by atoms with E-state index in [1.807, 2.05) is 48.2 Å². The molecule has 0 aliphatic carbocycles. The number of nitrogens with zero attached hydrogens (tertiary/aromatic N) is 3. The molecular weight excluding hydrogens is 388 g/mol. The average molecular weight is 423 g/mol. The van der Waals surface area contributed by atoms with E-state index in [1.54, 1.807) is 6.20 Å². The van der Waals surface area contributed by atoms with E-state index in [1.165, 1.54) is 18.4 Å². The summed E-state index contributed by atoms with van der Waals surface area (Å²) < 4.78 is 0. The number of pyridine rings is 1. The predicted molar refractivity (Wildman–Crippen MR) is 124 cm³/mol. The first-order valence-corrected chi connectivity index (χ1v) is 11.4. The molecule has 0 unspecified atom stereocenters. The second-order valence-electron chi connectivity index (χ2n) is 8.25. The van der Waals surface area contributed by atoms with Crippen LogP contribution in [0.1, 0.15) is 54.1 Å². The molecule has 0 atom stereocenters. The number of hydrogen-bond acceptors (Lipinski definition) is 4. The highest BCUT2D eigenvalue weighted by atomic mass is 16.2. The van der Waals surface area contributed by atoms with Gasteiger partial charge < -0.3 is 15.1 Å². The van der Waals surface area contributed by atoms with E-state index in [9.17, 15) is 9.59 Å². The van der Waals surface area contributed by atoms with Crippen molar-refractivity contribution in [1.29, 1.82) is 0 Å². The van der Waals surface area contributed by atoms with E-state index in [2.05, 4.69) is 22.1 Å². The maximum absolute atomic E-state index is 12.6. The van der Waals surface area contributed by atoms with Crippen LogP contribution in [0.15, 0.2) is 42.6 Å². The van der Waals surface area contributed by atoms with Crippen molar-refractivity contribution >= 4 is 17.6 Å². The van der Waals surface area contributed by atoms with Gasteiger partial charge in [-0.2, -0.15) is 0 Å². The van der Waals surface area contributed by atoms with Gasteiger partial charge in [0.05, 0.1) is 12.0 Å². The number of carbonyl (C=O) groups is 2. The topological polar surface area (TPSA) is 65.5 Å². The molecule has 3 rings (SSSR count). The molecule has 1 aliphatic rings. The van der Waals surface area contributed by atoms with Crippen LogP contribution in [0, 0.1) is 6.92 Å². The summed E-state index contributed by atoms with van der Waals surface area (Å²) in [6.07, 6.45) is 6.64. The second-order valence-corrected chi connectivity index (χ2v) is 8.25. The molecule has 0 bridgehead atoms. The van der Waals surface area contributed by atoms with Gasteiger partial charge in [-0.3, -0.25) is 9.59 Å². The monoisotopic (exact) mass is 422 g/mol. The van der Waals surface area contributed by atoms with E-state index in [0.717, 1.165) is 37.3 Å². The smallest absolute Gasteiger partial charge is 0.252 e. The van der Waals surface area contributed by atoms with Gasteiger partial charge in [0.2, 0.25) is 5.91 Å². The number of aromatic nitrogens is 1. The van der Waals surface area contributed by atoms with Crippen LogP contribution in [0.5, 0.6) is 0 Å². The molecule has 31 heavy (non-hydrogen) atoms. The van der Waals surface area contributed by atoms with Crippen LogP contribution in [0.25, 0.3) is 0 Å². The van der Waals surface area contributed by atoms with Crippen LogP contribution in [-0.4, -0.2) is 54.4 Å². The van der Waals surface area contributed by atoms with Crippen molar-refractivity contribution in [3.8, 4) is 0 Å². The van der Waals surface area contributed by atoms with Gasteiger partial charge in [-0.25, -0.2) is 4.98 Å². The molecular formula is C25H34N4O2. The summed E-state index contributed by atoms with van der Waals surface area (Å²) in [6, 6.07) is 11.9. The number of unbranched alkanes of at least 4 members (excludes halogenated alkanes) is 3. The van der Waals surface area contributed by atoms with Crippen molar-refractivity contribution in [2.75, 3.05) is 37.6 Å². The highest BCUT2D eigenvalue weighted by Gasteiger charge is 2.22. The summed E-state index contributed by atoms with van der Waals surface area (Å²) >= 11 is 0. The van der Waals surface area contributed by atoms with Crippen molar-refractivity contribution in [3.05, 3.63) is 59.3 Å². The molecule has 6 nitrogen and oxygen atoms in total. The third-order valence-electron chi connectivity index (χ3n) is 5.76. The number of hydrogen-bond donors (Lipinski definition) is 1. The molecule has 1 aliphatic heterocycles. The molecule has 2 aromatic rings. The Balaban J connectivity index is 1.44. The van der Waals surface area contributed by atoms with Crippen LogP contribution >= 0.6 is 0 Å². The molecule has 1 N–H and O–H groups in total. The fraction of sp³-hybridized carbons (Fsp3) is 0.480. The molecule has 0 saturated carbocycles. The number of piperazine rings is 1. The fourth-order valence-corrected chi connectivity index (χ4v) is 3.74. The lowest BCUT2D eigenvalue weighted by molar-refractivity contribution is -0.130. The third-order valence-corrected chi connectivity index (χ3v) is 5.76. The molecule has 0 spiro atoms. The van der Waals surface area contributed by atoms with E-state index >= 15 is 0 Å². The van der Waals surface area contributed by atoms with Gasteiger partial charge in [-0.05, 0) is 31.0 Å². The average Bonchev–Trinajstić information content (AvgIpc) is 2.80. The van der Waals surface area contributed by atoms with Crippen molar-refractivity contribution in [1.82, 2.24) is 15.2 Å². The number of carbonyl (C=O) groups excluding carboxylic acids is 2. The number of amides is 2. The summed E-state index contributed by atoms with van der Waals surface area (Å²) in [6.45, 7) is 7.80. The number of nitrogens with one attached hydrogen (secondary N) is 1. The quantitative estimate of drug-likeness (QED) is 0.627. The number of anilines is 1. The summed E-state index contributed by atoms with van der Waals surface area (Å²) in [5, 5.41) is 2.96. The first kappa shape index (κ1) is 22.8. The Bertz CT molecular complexity index is 841. The molecule has 2 amide bonds. The van der Waals surface area contributed by atoms with Crippen molar-refractivity contribution in [2.45, 2.75) is 46.0 Å². The molecule has 166 valence electrons. The highest BCUT2D eigenvalue weighted by Crippen LogP contribution is 2.15. The van der Waals surface area contributed by atoms with Gasteiger partial charge in [-0.1, -0.05) is 56.0 Å². The number of benzene rings is 1. The Labute approximate surface area is 185 Å². The summed E-state index contributed by atoms with van der Waals surface area (Å²) in [5.41, 5.74) is 2.85. The van der Waals surface area contributed by atoms with Crippen LogP contribution in [0.2, 0.25) is 0 Å². The highest BCUT2D eigenvalue weighted by molar-refractivity contribution is 5.94. The predicted octanol–water partition coefficient (Wildman–Crippen LogP) is 3.59. The molecule has 6 heteroatoms. The SMILES string of the molecule is CCCCCCNC(=O)c1ccc(N2CCN(C(=O)Cc3ccc(C)cc3)CC2)nc1. The molecule has 1 fully saturated rings. The van der Waals surface area contributed by atoms with E-state index in [0.29, 0.717) is 31.6 Å². The first-order valence-electron chi connectivity index (χ1n) is 11.4. The van der Waals surface area contributed by atoms with Crippen molar-refractivity contribution in [2.24, 2.45) is 0 Å². The van der Waals surface area contributed by atoms with Gasteiger partial charge in [-0.15, -0.1) is 0 Å². The molecule has 1 saturated heterocycles. The van der Waals surface area contributed by atoms with E-state index in [-0.39, 0.29) is 11.8 Å². The minimum absolute atomic E-state index is 0.0675. The normalized spacial score (nSPS) is 13.9. The number of aryl methyl sites for hydroxylation is 1. The standard InChI is InChI=1S/C25H34N4O2/c1-3-4-5-6-13-26-25(31)22-11-12-23(27-19-22)28-14-16-29(17-15-28)24(30)18-21-9-7-20(2)8-10-21/h7-12,19H,3-6,13-18H2,1-2H3,(H,26,31).